The number of hydrogen-bond donors (Lipinski definition) is 0. The molecule has 10 heavy (non-hydrogen) atoms. The van der Waals surface area contributed by atoms with Gasteiger partial charge in [0, 0.05) is 0 Å². The maximum atomic E-state index is 10.6. The van der Waals surface area contributed by atoms with E-state index in [2.05, 4.69) is 0 Å². The van der Waals surface area contributed by atoms with Gasteiger partial charge in [-0.2, -0.15) is 0 Å². The fraction of sp³-hybridized carbons (Fsp3) is 0.833. The molecular formula is C6H9ClO3. The summed E-state index contributed by atoms with van der Waals surface area (Å²) in [5, 5.41) is -0.650. The fourth-order valence-electron chi connectivity index (χ4n) is 0.737. The number of hydrogen-bond acceptors (Lipinski definition) is 3. The van der Waals surface area contributed by atoms with Crippen LogP contribution in [0, 0.1) is 0 Å². The summed E-state index contributed by atoms with van der Waals surface area (Å²) in [5.74, 6) is -0.117. The Morgan fingerprint density at radius 3 is 2.50 bits per heavy atom. The number of alkyl halides is 1. The summed E-state index contributed by atoms with van der Waals surface area (Å²) in [6.07, 6.45) is -0.529. The first kappa shape index (κ1) is 7.98. The third kappa shape index (κ3) is 1.68. The van der Waals surface area contributed by atoms with Crippen molar-refractivity contribution in [3.8, 4) is 0 Å². The summed E-state index contributed by atoms with van der Waals surface area (Å²) in [6.45, 7) is 2.48. The maximum absolute atomic E-state index is 10.6. The van der Waals surface area contributed by atoms with Gasteiger partial charge in [-0.25, -0.2) is 0 Å². The monoisotopic (exact) mass is 164 g/mol. The zero-order chi connectivity index (χ0) is 7.56. The van der Waals surface area contributed by atoms with Gasteiger partial charge in [0.05, 0.1) is 13.2 Å². The van der Waals surface area contributed by atoms with Gasteiger partial charge in [0.25, 0.3) is 0 Å². The van der Waals surface area contributed by atoms with E-state index in [1.807, 2.05) is 0 Å². The van der Waals surface area contributed by atoms with Crippen LogP contribution in [0.2, 0.25) is 0 Å². The van der Waals surface area contributed by atoms with Gasteiger partial charge < -0.3 is 9.47 Å². The van der Waals surface area contributed by atoms with Crippen molar-refractivity contribution in [3.05, 3.63) is 0 Å². The van der Waals surface area contributed by atoms with E-state index in [1.165, 1.54) is 6.92 Å². The van der Waals surface area contributed by atoms with Gasteiger partial charge in [-0.3, -0.25) is 4.79 Å². The molecule has 1 fully saturated rings. The van der Waals surface area contributed by atoms with Crippen LogP contribution in [0.1, 0.15) is 6.92 Å². The Kier molecular flexibility index (Phi) is 2.65. The van der Waals surface area contributed by atoms with E-state index < -0.39 is 11.7 Å². The molecule has 0 amide bonds. The number of halogens is 1. The summed E-state index contributed by atoms with van der Waals surface area (Å²) in [5.41, 5.74) is 0. The van der Waals surface area contributed by atoms with Crippen LogP contribution < -0.4 is 0 Å². The van der Waals surface area contributed by atoms with E-state index >= 15 is 0 Å². The summed E-state index contributed by atoms with van der Waals surface area (Å²) >= 11 is 5.62. The molecule has 0 aliphatic carbocycles. The number of carbonyl (C=O) groups is 1. The third-order valence-corrected chi connectivity index (χ3v) is 1.79. The molecule has 1 unspecified atom stereocenters. The van der Waals surface area contributed by atoms with Gasteiger partial charge in [0.1, 0.15) is 5.38 Å². The highest BCUT2D eigenvalue weighted by atomic mass is 35.5. The molecular weight excluding hydrogens is 156 g/mol. The van der Waals surface area contributed by atoms with Gasteiger partial charge >= 0.3 is 0 Å². The van der Waals surface area contributed by atoms with Gasteiger partial charge in [-0.1, -0.05) is 0 Å². The number of carbonyl (C=O) groups excluding carboxylic acids is 1. The predicted octanol–water partition coefficient (Wildman–Crippen LogP) is 0.556. The minimum Gasteiger partial charge on any atom is -0.348 e. The normalized spacial score (nSPS) is 23.0. The Bertz CT molecular complexity index is 131. The lowest BCUT2D eigenvalue weighted by molar-refractivity contribution is -0.124. The lowest BCUT2D eigenvalue weighted by atomic mass is 10.3. The average molecular weight is 165 g/mol. The second-order valence-electron chi connectivity index (χ2n) is 2.12. The SMILES string of the molecule is CC(=O)C(Cl)C1OCCO1. The van der Waals surface area contributed by atoms with Crippen molar-refractivity contribution >= 4 is 17.4 Å². The van der Waals surface area contributed by atoms with Crippen LogP contribution in [0.3, 0.4) is 0 Å². The fourth-order valence-corrected chi connectivity index (χ4v) is 0.883. The van der Waals surface area contributed by atoms with Gasteiger partial charge in [0.2, 0.25) is 0 Å². The van der Waals surface area contributed by atoms with Crippen LogP contribution in [0.25, 0.3) is 0 Å². The Morgan fingerprint density at radius 1 is 1.60 bits per heavy atom. The van der Waals surface area contributed by atoms with Crippen molar-refractivity contribution in [1.29, 1.82) is 0 Å². The smallest absolute Gasteiger partial charge is 0.181 e. The van der Waals surface area contributed by atoms with Crippen LogP contribution in [0.5, 0.6) is 0 Å². The van der Waals surface area contributed by atoms with Crippen molar-refractivity contribution in [2.45, 2.75) is 18.6 Å². The van der Waals surface area contributed by atoms with Gasteiger partial charge in [-0.05, 0) is 6.92 Å². The minimum atomic E-state index is -0.650. The van der Waals surface area contributed by atoms with E-state index in [1.54, 1.807) is 0 Å². The lowest BCUT2D eigenvalue weighted by Crippen LogP contribution is -2.27. The summed E-state index contributed by atoms with van der Waals surface area (Å²) in [7, 11) is 0. The largest absolute Gasteiger partial charge is 0.348 e. The van der Waals surface area contributed by atoms with E-state index in [-0.39, 0.29) is 5.78 Å². The first-order valence-corrected chi connectivity index (χ1v) is 3.53. The maximum Gasteiger partial charge on any atom is 0.181 e. The highest BCUT2D eigenvalue weighted by molar-refractivity contribution is 6.31. The highest BCUT2D eigenvalue weighted by Crippen LogP contribution is 2.14. The minimum absolute atomic E-state index is 0.117. The average Bonchev–Trinajstić information content (AvgIpc) is 2.36. The molecule has 58 valence electrons. The van der Waals surface area contributed by atoms with Crippen molar-refractivity contribution in [3.63, 3.8) is 0 Å². The molecule has 4 heteroatoms. The Morgan fingerprint density at radius 2 is 2.10 bits per heavy atom. The highest BCUT2D eigenvalue weighted by Gasteiger charge is 2.28. The van der Waals surface area contributed by atoms with Gasteiger partial charge in [-0.15, -0.1) is 11.6 Å². The van der Waals surface area contributed by atoms with Crippen LogP contribution in [-0.2, 0) is 14.3 Å². The molecule has 1 aliphatic rings. The first-order chi connectivity index (χ1) is 4.72. The molecule has 1 saturated heterocycles. The summed E-state index contributed by atoms with van der Waals surface area (Å²) in [6, 6.07) is 0. The molecule has 0 N–H and O–H groups in total. The molecule has 1 rings (SSSR count). The van der Waals surface area contributed by atoms with Crippen molar-refractivity contribution in [1.82, 2.24) is 0 Å². The molecule has 3 nitrogen and oxygen atoms in total. The zero-order valence-corrected chi connectivity index (χ0v) is 6.43. The Balaban J connectivity index is 2.39. The van der Waals surface area contributed by atoms with Gasteiger partial charge in [0.15, 0.2) is 12.1 Å². The molecule has 0 spiro atoms. The van der Waals surface area contributed by atoms with E-state index in [4.69, 9.17) is 21.1 Å². The molecule has 0 radical (unpaired) electrons. The molecule has 1 heterocycles. The van der Waals surface area contributed by atoms with Crippen molar-refractivity contribution in [2.24, 2.45) is 0 Å². The Hall–Kier alpha value is -0.120. The van der Waals surface area contributed by atoms with Crippen LogP contribution in [0.15, 0.2) is 0 Å². The number of rotatable bonds is 2. The van der Waals surface area contributed by atoms with Crippen molar-refractivity contribution < 1.29 is 14.3 Å². The number of ketones is 1. The molecule has 0 bridgehead atoms. The standard InChI is InChI=1S/C6H9ClO3/c1-4(8)5(7)6-9-2-3-10-6/h5-6H,2-3H2,1H3. The van der Waals surface area contributed by atoms with Crippen LogP contribution in [-0.4, -0.2) is 30.7 Å². The topological polar surface area (TPSA) is 35.5 Å². The van der Waals surface area contributed by atoms with E-state index in [0.717, 1.165) is 0 Å². The number of ether oxygens (including phenoxy) is 2. The predicted molar refractivity (Wildman–Crippen MR) is 36.0 cm³/mol. The summed E-state index contributed by atoms with van der Waals surface area (Å²) < 4.78 is 10.0. The first-order valence-electron chi connectivity index (χ1n) is 3.09. The molecule has 0 aromatic carbocycles. The quantitative estimate of drug-likeness (QED) is 0.560. The second kappa shape index (κ2) is 3.32. The van der Waals surface area contributed by atoms with Crippen LogP contribution >= 0.6 is 11.6 Å². The number of Topliss-reactive ketones (excluding diaryl/α,β-unsaturated/α-hetero) is 1. The lowest BCUT2D eigenvalue weighted by Gasteiger charge is -2.11. The summed E-state index contributed by atoms with van der Waals surface area (Å²) in [4.78, 5) is 10.6. The third-order valence-electron chi connectivity index (χ3n) is 1.27. The van der Waals surface area contributed by atoms with E-state index in [0.29, 0.717) is 13.2 Å². The Labute approximate surface area is 64.3 Å². The second-order valence-corrected chi connectivity index (χ2v) is 2.59. The molecule has 1 aliphatic heterocycles. The molecule has 0 saturated carbocycles. The zero-order valence-electron chi connectivity index (χ0n) is 5.67. The molecule has 0 aromatic heterocycles. The molecule has 0 aromatic rings. The van der Waals surface area contributed by atoms with Crippen molar-refractivity contribution in [2.75, 3.05) is 13.2 Å². The molecule has 1 atom stereocenters. The van der Waals surface area contributed by atoms with E-state index in [9.17, 15) is 4.79 Å². The van der Waals surface area contributed by atoms with Crippen LogP contribution in [0.4, 0.5) is 0 Å².